The van der Waals surface area contributed by atoms with Crippen LogP contribution in [0.5, 0.6) is 0 Å². The Balaban J connectivity index is 1.86. The highest BCUT2D eigenvalue weighted by molar-refractivity contribution is 7.88. The molecule has 0 spiro atoms. The molecule has 2 N–H and O–H groups in total. The van der Waals surface area contributed by atoms with Gasteiger partial charge in [0.1, 0.15) is 0 Å². The quantitative estimate of drug-likeness (QED) is 0.743. The van der Waals surface area contributed by atoms with Crippen molar-refractivity contribution >= 4 is 10.0 Å². The summed E-state index contributed by atoms with van der Waals surface area (Å²) in [5.41, 5.74) is 1.43. The molecule has 0 aliphatic heterocycles. The molecule has 0 bridgehead atoms. The van der Waals surface area contributed by atoms with Crippen molar-refractivity contribution in [1.29, 1.82) is 0 Å². The van der Waals surface area contributed by atoms with Crippen LogP contribution in [-0.2, 0) is 28.9 Å². The molecule has 0 unspecified atom stereocenters. The molecule has 0 atom stereocenters. The zero-order chi connectivity index (χ0) is 14.4. The predicted octanol–water partition coefficient (Wildman–Crippen LogP) is -0.110. The van der Waals surface area contributed by atoms with Crippen molar-refractivity contribution in [1.82, 2.24) is 19.7 Å². The third-order valence-electron chi connectivity index (χ3n) is 2.70. The van der Waals surface area contributed by atoms with Gasteiger partial charge in [-0.3, -0.25) is 4.68 Å². The summed E-state index contributed by atoms with van der Waals surface area (Å²) in [6, 6.07) is 6.81. The number of benzene rings is 1. The Labute approximate surface area is 117 Å². The van der Waals surface area contributed by atoms with Crippen LogP contribution in [-0.4, -0.2) is 35.1 Å². The lowest BCUT2D eigenvalue weighted by molar-refractivity contribution is 0.282. The molecule has 20 heavy (non-hydrogen) atoms. The van der Waals surface area contributed by atoms with Gasteiger partial charge >= 0.3 is 0 Å². The van der Waals surface area contributed by atoms with Crippen LogP contribution in [0.1, 0.15) is 11.1 Å². The van der Waals surface area contributed by atoms with Crippen LogP contribution in [0, 0.1) is 0 Å². The highest BCUT2D eigenvalue weighted by atomic mass is 32.2. The fraction of sp³-hybridized carbons (Fsp3) is 0.333. The molecule has 1 heterocycles. The van der Waals surface area contributed by atoms with E-state index in [4.69, 9.17) is 5.11 Å². The Morgan fingerprint density at radius 3 is 2.50 bits per heavy atom. The topological polar surface area (TPSA) is 97.1 Å². The molecule has 0 aliphatic rings. The number of hydrogen-bond acceptors (Lipinski definition) is 5. The largest absolute Gasteiger partial charge is 0.392 e. The number of aliphatic hydroxyl groups is 1. The van der Waals surface area contributed by atoms with Gasteiger partial charge in [-0.25, -0.2) is 13.1 Å². The molecule has 108 valence electrons. The Kier molecular flexibility index (Phi) is 4.83. The average Bonchev–Trinajstić information content (AvgIpc) is 2.92. The first-order chi connectivity index (χ1) is 9.59. The monoisotopic (exact) mass is 296 g/mol. The van der Waals surface area contributed by atoms with Crippen LogP contribution >= 0.6 is 0 Å². The third-order valence-corrected chi connectivity index (χ3v) is 4.05. The molecule has 0 aliphatic carbocycles. The van der Waals surface area contributed by atoms with Crippen LogP contribution in [0.15, 0.2) is 36.7 Å². The van der Waals surface area contributed by atoms with Crippen molar-refractivity contribution in [3.05, 3.63) is 47.8 Å². The summed E-state index contributed by atoms with van der Waals surface area (Å²) in [7, 11) is -3.38. The average molecular weight is 296 g/mol. The number of aromatic nitrogens is 3. The maximum atomic E-state index is 11.9. The second kappa shape index (κ2) is 6.60. The Hall–Kier alpha value is -1.77. The highest BCUT2D eigenvalue weighted by Gasteiger charge is 2.10. The first-order valence-corrected chi connectivity index (χ1v) is 7.74. The minimum absolute atomic E-state index is 0.0524. The van der Waals surface area contributed by atoms with Gasteiger partial charge in [-0.2, -0.15) is 0 Å². The fourth-order valence-electron chi connectivity index (χ4n) is 1.68. The van der Waals surface area contributed by atoms with E-state index in [1.165, 1.54) is 6.20 Å². The minimum Gasteiger partial charge on any atom is -0.392 e. The molecule has 0 amide bonds. The maximum Gasteiger partial charge on any atom is 0.215 e. The summed E-state index contributed by atoms with van der Waals surface area (Å²) in [5, 5.41) is 16.3. The van der Waals surface area contributed by atoms with Gasteiger partial charge in [-0.1, -0.05) is 29.5 Å². The summed E-state index contributed by atoms with van der Waals surface area (Å²) in [4.78, 5) is 0. The molecule has 0 fully saturated rings. The fourth-order valence-corrected chi connectivity index (χ4v) is 2.81. The molecule has 1 aromatic heterocycles. The van der Waals surface area contributed by atoms with Crippen molar-refractivity contribution in [3.8, 4) is 0 Å². The van der Waals surface area contributed by atoms with E-state index >= 15 is 0 Å². The van der Waals surface area contributed by atoms with Crippen LogP contribution < -0.4 is 4.72 Å². The second-order valence-corrected chi connectivity index (χ2v) is 6.10. The van der Waals surface area contributed by atoms with E-state index in [-0.39, 0.29) is 18.9 Å². The number of aliphatic hydroxyl groups excluding tert-OH is 1. The lowest BCUT2D eigenvalue weighted by Crippen LogP contribution is -2.28. The first kappa shape index (κ1) is 14.6. The zero-order valence-electron chi connectivity index (χ0n) is 10.8. The summed E-state index contributed by atoms with van der Waals surface area (Å²) in [6.45, 7) is 0.645. The number of sulfonamides is 1. The minimum atomic E-state index is -3.38. The predicted molar refractivity (Wildman–Crippen MR) is 73.0 cm³/mol. The molecule has 2 rings (SSSR count). The van der Waals surface area contributed by atoms with Crippen LogP contribution in [0.4, 0.5) is 0 Å². The second-order valence-electron chi connectivity index (χ2n) is 4.29. The van der Waals surface area contributed by atoms with Crippen molar-refractivity contribution in [2.75, 3.05) is 6.54 Å². The smallest absolute Gasteiger partial charge is 0.215 e. The summed E-state index contributed by atoms with van der Waals surface area (Å²) in [6.07, 6.45) is 3.21. The SMILES string of the molecule is O=S(=O)(Cc1ccc(CO)cc1)NCCn1ccnn1. The normalized spacial score (nSPS) is 11.7. The van der Waals surface area contributed by atoms with Crippen LogP contribution in [0.25, 0.3) is 0 Å². The molecule has 1 aromatic carbocycles. The molecular formula is C12H16N4O3S. The molecular weight excluding hydrogens is 280 g/mol. The summed E-state index contributed by atoms with van der Waals surface area (Å²) in [5.74, 6) is -0.0872. The molecule has 2 aromatic rings. The van der Waals surface area contributed by atoms with E-state index in [9.17, 15) is 8.42 Å². The van der Waals surface area contributed by atoms with Gasteiger partial charge in [0.25, 0.3) is 0 Å². The molecule has 0 saturated carbocycles. The van der Waals surface area contributed by atoms with Gasteiger partial charge in [-0.05, 0) is 11.1 Å². The van der Waals surface area contributed by atoms with Gasteiger partial charge in [0, 0.05) is 12.7 Å². The maximum absolute atomic E-state index is 11.9. The molecule has 8 heteroatoms. The Morgan fingerprint density at radius 1 is 1.20 bits per heavy atom. The number of hydrogen-bond donors (Lipinski definition) is 2. The lowest BCUT2D eigenvalue weighted by atomic mass is 10.2. The molecule has 7 nitrogen and oxygen atoms in total. The van der Waals surface area contributed by atoms with Gasteiger partial charge in [0.15, 0.2) is 0 Å². The lowest BCUT2D eigenvalue weighted by Gasteiger charge is -2.07. The van der Waals surface area contributed by atoms with E-state index in [1.807, 2.05) is 0 Å². The van der Waals surface area contributed by atoms with Crippen molar-refractivity contribution in [2.24, 2.45) is 0 Å². The van der Waals surface area contributed by atoms with Crippen molar-refractivity contribution in [2.45, 2.75) is 18.9 Å². The van der Waals surface area contributed by atoms with E-state index in [2.05, 4.69) is 15.0 Å². The number of nitrogens with zero attached hydrogens (tertiary/aromatic N) is 3. The van der Waals surface area contributed by atoms with Gasteiger partial charge in [0.05, 0.1) is 25.1 Å². The highest BCUT2D eigenvalue weighted by Crippen LogP contribution is 2.07. The Bertz CT molecular complexity index is 623. The third kappa shape index (κ3) is 4.41. The van der Waals surface area contributed by atoms with E-state index < -0.39 is 10.0 Å². The zero-order valence-corrected chi connectivity index (χ0v) is 11.6. The van der Waals surface area contributed by atoms with E-state index in [0.717, 1.165) is 5.56 Å². The van der Waals surface area contributed by atoms with Gasteiger partial charge in [-0.15, -0.1) is 5.10 Å². The molecule has 0 radical (unpaired) electrons. The van der Waals surface area contributed by atoms with Crippen molar-refractivity contribution in [3.63, 3.8) is 0 Å². The number of rotatable bonds is 7. The Morgan fingerprint density at radius 2 is 1.90 bits per heavy atom. The first-order valence-electron chi connectivity index (χ1n) is 6.09. The van der Waals surface area contributed by atoms with E-state index in [0.29, 0.717) is 12.1 Å². The van der Waals surface area contributed by atoms with E-state index in [1.54, 1.807) is 35.1 Å². The summed E-state index contributed by atoms with van der Waals surface area (Å²) >= 11 is 0. The van der Waals surface area contributed by atoms with Gasteiger partial charge < -0.3 is 5.11 Å². The van der Waals surface area contributed by atoms with Crippen molar-refractivity contribution < 1.29 is 13.5 Å². The van der Waals surface area contributed by atoms with Gasteiger partial charge in [0.2, 0.25) is 10.0 Å². The van der Waals surface area contributed by atoms with Crippen LogP contribution in [0.3, 0.4) is 0 Å². The van der Waals surface area contributed by atoms with Crippen LogP contribution in [0.2, 0.25) is 0 Å². The molecule has 0 saturated heterocycles. The number of nitrogens with one attached hydrogen (secondary N) is 1. The summed E-state index contributed by atoms with van der Waals surface area (Å²) < 4.78 is 27.8. The standard InChI is InChI=1S/C12H16N4O3S/c17-9-11-1-3-12(4-2-11)10-20(18,19)14-6-8-16-7-5-13-15-16/h1-5,7,14,17H,6,8-10H2.